The first-order valence-electron chi connectivity index (χ1n) is 9.67. The average molecular weight is 425 g/mol. The number of carbonyl (C=O) groups excluding carboxylic acids is 1. The van der Waals surface area contributed by atoms with Gasteiger partial charge in [0.05, 0.1) is 17.2 Å². The third-order valence-corrected chi connectivity index (χ3v) is 4.74. The molecular weight excluding hydrogens is 403 g/mol. The van der Waals surface area contributed by atoms with Crippen molar-refractivity contribution in [3.05, 3.63) is 99.8 Å². The molecule has 0 fully saturated rings. The van der Waals surface area contributed by atoms with E-state index in [2.05, 4.69) is 24.3 Å². The Morgan fingerprint density at radius 3 is 2.20 bits per heavy atom. The molecule has 0 spiro atoms. The van der Waals surface area contributed by atoms with Gasteiger partial charge in [0.1, 0.15) is 11.6 Å². The van der Waals surface area contributed by atoms with Crippen molar-refractivity contribution in [3.8, 4) is 5.75 Å². The summed E-state index contributed by atoms with van der Waals surface area (Å²) in [5.41, 5.74) is 3.65. The third-order valence-electron chi connectivity index (χ3n) is 4.44. The lowest BCUT2D eigenvalue weighted by Crippen LogP contribution is -2.08. The van der Waals surface area contributed by atoms with Gasteiger partial charge in [-0.05, 0) is 54.3 Å². The molecule has 0 atom stereocenters. The number of halogens is 2. The topological polar surface area (TPSA) is 35.5 Å². The van der Waals surface area contributed by atoms with Crippen molar-refractivity contribution in [1.82, 2.24) is 0 Å². The predicted molar refractivity (Wildman–Crippen MR) is 118 cm³/mol. The summed E-state index contributed by atoms with van der Waals surface area (Å²) in [6.07, 6.45) is 4.88. The minimum Gasteiger partial charge on any atom is -0.423 e. The Balaban J connectivity index is 1.58. The number of benzene rings is 3. The molecule has 30 heavy (non-hydrogen) atoms. The first-order chi connectivity index (χ1) is 14.5. The minimum absolute atomic E-state index is 0.0221. The van der Waals surface area contributed by atoms with E-state index in [1.165, 1.54) is 17.7 Å². The summed E-state index contributed by atoms with van der Waals surface area (Å²) in [5.74, 6) is -1.09. The van der Waals surface area contributed by atoms with Crippen LogP contribution >= 0.6 is 11.6 Å². The van der Waals surface area contributed by atoms with Gasteiger partial charge in [-0.3, -0.25) is 0 Å². The molecule has 0 saturated carbocycles. The summed E-state index contributed by atoms with van der Waals surface area (Å²) in [4.78, 5) is 12.2. The molecule has 3 aromatic rings. The second kappa shape index (κ2) is 10.7. The van der Waals surface area contributed by atoms with Gasteiger partial charge in [0.2, 0.25) is 0 Å². The highest BCUT2D eigenvalue weighted by molar-refractivity contribution is 6.30. The van der Waals surface area contributed by atoms with E-state index in [0.717, 1.165) is 36.8 Å². The summed E-state index contributed by atoms with van der Waals surface area (Å²) < 4.78 is 24.0. The van der Waals surface area contributed by atoms with Crippen LogP contribution in [0, 0.1) is 5.82 Å². The van der Waals surface area contributed by atoms with Crippen LogP contribution in [0.15, 0.2) is 66.7 Å². The van der Waals surface area contributed by atoms with Gasteiger partial charge in [0, 0.05) is 12.7 Å². The maximum absolute atomic E-state index is 13.5. The lowest BCUT2D eigenvalue weighted by atomic mass is 10.1. The minimum atomic E-state index is -0.634. The van der Waals surface area contributed by atoms with E-state index in [1.807, 2.05) is 31.2 Å². The van der Waals surface area contributed by atoms with Crippen LogP contribution in [-0.2, 0) is 11.2 Å². The van der Waals surface area contributed by atoms with Crippen molar-refractivity contribution in [1.29, 1.82) is 0 Å². The molecule has 0 unspecified atom stereocenters. The molecule has 0 bridgehead atoms. The van der Waals surface area contributed by atoms with Gasteiger partial charge in [-0.25, -0.2) is 9.18 Å². The largest absolute Gasteiger partial charge is 0.423 e. The fourth-order valence-corrected chi connectivity index (χ4v) is 2.88. The number of hydrogen-bond acceptors (Lipinski definition) is 3. The second-order valence-corrected chi connectivity index (χ2v) is 7.02. The quantitative estimate of drug-likeness (QED) is 0.180. The van der Waals surface area contributed by atoms with E-state index < -0.39 is 11.8 Å². The van der Waals surface area contributed by atoms with Crippen molar-refractivity contribution < 1.29 is 18.7 Å². The van der Waals surface area contributed by atoms with E-state index in [4.69, 9.17) is 21.1 Å². The van der Waals surface area contributed by atoms with Crippen LogP contribution in [0.3, 0.4) is 0 Å². The Kier molecular flexibility index (Phi) is 7.77. The fraction of sp³-hybridized carbons (Fsp3) is 0.160. The van der Waals surface area contributed by atoms with Crippen molar-refractivity contribution in [3.63, 3.8) is 0 Å². The summed E-state index contributed by atoms with van der Waals surface area (Å²) in [5, 5.41) is -0.0221. The van der Waals surface area contributed by atoms with Crippen molar-refractivity contribution >= 4 is 29.7 Å². The van der Waals surface area contributed by atoms with Gasteiger partial charge in [0.15, 0.2) is 0 Å². The normalized spacial score (nSPS) is 11.0. The molecule has 0 aliphatic rings. The summed E-state index contributed by atoms with van der Waals surface area (Å²) in [7, 11) is 0. The van der Waals surface area contributed by atoms with E-state index >= 15 is 0 Å². The monoisotopic (exact) mass is 424 g/mol. The molecule has 3 rings (SSSR count). The number of hydrogen-bond donors (Lipinski definition) is 0. The molecule has 0 aromatic heterocycles. The molecule has 0 radical (unpaired) electrons. The van der Waals surface area contributed by atoms with Gasteiger partial charge in [-0.1, -0.05) is 60.2 Å². The van der Waals surface area contributed by atoms with Crippen LogP contribution in [0.2, 0.25) is 5.02 Å². The fourth-order valence-electron chi connectivity index (χ4n) is 2.76. The molecule has 0 aliphatic heterocycles. The van der Waals surface area contributed by atoms with Crippen molar-refractivity contribution in [2.45, 2.75) is 13.3 Å². The predicted octanol–water partition coefficient (Wildman–Crippen LogP) is 6.45. The van der Waals surface area contributed by atoms with E-state index in [0.29, 0.717) is 5.56 Å². The molecule has 0 heterocycles. The maximum atomic E-state index is 13.5. The first-order valence-corrected chi connectivity index (χ1v) is 10.0. The zero-order chi connectivity index (χ0) is 21.3. The third kappa shape index (κ3) is 6.28. The molecule has 154 valence electrons. The van der Waals surface area contributed by atoms with Crippen LogP contribution in [0.1, 0.15) is 34.0 Å². The van der Waals surface area contributed by atoms with Crippen LogP contribution < -0.4 is 4.74 Å². The second-order valence-electron chi connectivity index (χ2n) is 6.61. The molecule has 3 nitrogen and oxygen atoms in total. The number of rotatable bonds is 8. The lowest BCUT2D eigenvalue weighted by Gasteiger charge is -2.05. The van der Waals surface area contributed by atoms with Crippen LogP contribution in [0.25, 0.3) is 12.2 Å². The molecule has 0 N–H and O–H groups in total. The zero-order valence-electron chi connectivity index (χ0n) is 16.6. The zero-order valence-corrected chi connectivity index (χ0v) is 17.4. The van der Waals surface area contributed by atoms with E-state index in [-0.39, 0.29) is 10.8 Å². The Bertz CT molecular complexity index is 1010. The van der Waals surface area contributed by atoms with Gasteiger partial charge >= 0.3 is 5.97 Å². The molecule has 5 heteroatoms. The number of esters is 1. The maximum Gasteiger partial charge on any atom is 0.343 e. The van der Waals surface area contributed by atoms with Gasteiger partial charge < -0.3 is 9.47 Å². The molecule has 3 aromatic carbocycles. The number of carbonyl (C=O) groups is 1. The first kappa shape index (κ1) is 21.8. The van der Waals surface area contributed by atoms with Crippen LogP contribution in [-0.4, -0.2) is 19.2 Å². The highest BCUT2D eigenvalue weighted by atomic mass is 35.5. The molecular formula is C25H22ClFO3. The summed E-state index contributed by atoms with van der Waals surface area (Å²) >= 11 is 5.63. The highest BCUT2D eigenvalue weighted by Gasteiger charge is 2.10. The lowest BCUT2D eigenvalue weighted by molar-refractivity contribution is 0.0734. The van der Waals surface area contributed by atoms with Crippen LogP contribution in [0.4, 0.5) is 4.39 Å². The highest BCUT2D eigenvalue weighted by Crippen LogP contribution is 2.21. The van der Waals surface area contributed by atoms with Gasteiger partial charge in [-0.2, -0.15) is 0 Å². The molecule has 0 aliphatic carbocycles. The Morgan fingerprint density at radius 2 is 1.60 bits per heavy atom. The molecule has 0 saturated heterocycles. The smallest absolute Gasteiger partial charge is 0.343 e. The molecule has 0 amide bonds. The standard InChI is InChI=1S/C25H22ClFO3/c1-2-29-16-15-20-7-5-18(6-8-20)3-4-19-9-11-21(12-10-19)25(28)30-22-13-14-23(26)24(27)17-22/h3-14,17H,2,15-16H2,1H3. The number of ether oxygens (including phenoxy) is 2. The van der Waals surface area contributed by atoms with Crippen molar-refractivity contribution in [2.75, 3.05) is 13.2 Å². The van der Waals surface area contributed by atoms with Crippen LogP contribution in [0.5, 0.6) is 5.75 Å². The van der Waals surface area contributed by atoms with Gasteiger partial charge in [0.25, 0.3) is 0 Å². The van der Waals surface area contributed by atoms with E-state index in [9.17, 15) is 9.18 Å². The van der Waals surface area contributed by atoms with Crippen molar-refractivity contribution in [2.24, 2.45) is 0 Å². The average Bonchev–Trinajstić information content (AvgIpc) is 2.76. The Labute approximate surface area is 180 Å². The summed E-state index contributed by atoms with van der Waals surface area (Å²) in [6, 6.07) is 19.2. The van der Waals surface area contributed by atoms with E-state index in [1.54, 1.807) is 12.1 Å². The SMILES string of the molecule is CCOCCc1ccc(C=Cc2ccc(C(=O)Oc3ccc(Cl)c(F)c3)cc2)cc1. The summed E-state index contributed by atoms with van der Waals surface area (Å²) in [6.45, 7) is 3.45. The van der Waals surface area contributed by atoms with Gasteiger partial charge in [-0.15, -0.1) is 0 Å². The Hall–Kier alpha value is -2.95. The Morgan fingerprint density at radius 1 is 0.967 bits per heavy atom.